The summed E-state index contributed by atoms with van der Waals surface area (Å²) in [7, 11) is 0. The van der Waals surface area contributed by atoms with Crippen molar-refractivity contribution in [3.05, 3.63) is 0 Å². The van der Waals surface area contributed by atoms with E-state index in [4.69, 9.17) is 0 Å². The maximum Gasteiger partial charge on any atom is 0.00696 e. The summed E-state index contributed by atoms with van der Waals surface area (Å²) in [5.74, 6) is 0.818. The molecule has 0 aliphatic heterocycles. The largest absolute Gasteiger partial charge is 0.311 e. The van der Waals surface area contributed by atoms with Crippen LogP contribution in [0.25, 0.3) is 0 Å². The molecule has 0 saturated heterocycles. The maximum atomic E-state index is 3.81. The van der Waals surface area contributed by atoms with Crippen molar-refractivity contribution in [2.75, 3.05) is 0 Å². The zero-order valence-electron chi connectivity index (χ0n) is 10.2. The van der Waals surface area contributed by atoms with Crippen molar-refractivity contribution in [2.24, 2.45) is 5.92 Å². The van der Waals surface area contributed by atoms with Gasteiger partial charge in [0.1, 0.15) is 0 Å². The Morgan fingerprint density at radius 2 is 1.64 bits per heavy atom. The molecule has 0 aromatic rings. The van der Waals surface area contributed by atoms with Crippen LogP contribution in [0.15, 0.2) is 0 Å². The van der Waals surface area contributed by atoms with Crippen molar-refractivity contribution < 1.29 is 0 Å². The smallest absolute Gasteiger partial charge is 0.00696 e. The summed E-state index contributed by atoms with van der Waals surface area (Å²) in [6, 6.07) is 1.50. The Morgan fingerprint density at radius 3 is 2.14 bits per heavy atom. The minimum absolute atomic E-state index is 0.697. The minimum Gasteiger partial charge on any atom is -0.311 e. The van der Waals surface area contributed by atoms with Crippen LogP contribution in [0.3, 0.4) is 0 Å². The Balaban J connectivity index is 2.26. The van der Waals surface area contributed by atoms with E-state index in [-0.39, 0.29) is 0 Å². The van der Waals surface area contributed by atoms with E-state index in [0.29, 0.717) is 6.04 Å². The van der Waals surface area contributed by atoms with Crippen LogP contribution in [0.2, 0.25) is 0 Å². The highest BCUT2D eigenvalue weighted by Crippen LogP contribution is 2.19. The first-order chi connectivity index (χ1) is 6.74. The summed E-state index contributed by atoms with van der Waals surface area (Å²) in [6.45, 7) is 6.99. The number of hydrogen-bond acceptors (Lipinski definition) is 1. The van der Waals surface area contributed by atoms with Gasteiger partial charge in [0.15, 0.2) is 0 Å². The lowest BCUT2D eigenvalue weighted by atomic mass is 9.98. The second kappa shape index (κ2) is 6.44. The van der Waals surface area contributed by atoms with Crippen LogP contribution >= 0.6 is 0 Å². The van der Waals surface area contributed by atoms with Crippen molar-refractivity contribution in [1.29, 1.82) is 0 Å². The minimum atomic E-state index is 0.697. The first-order valence-corrected chi connectivity index (χ1v) is 6.50. The van der Waals surface area contributed by atoms with E-state index in [9.17, 15) is 0 Å². The number of rotatable bonds is 4. The summed E-state index contributed by atoms with van der Waals surface area (Å²) in [4.78, 5) is 0. The monoisotopic (exact) mass is 197 g/mol. The standard InChI is InChI=1S/C13H27N/c1-4-11(2)12(3)14-13-9-7-5-6-8-10-13/h11-14H,4-10H2,1-3H3/t11-,12-/m0/s1. The normalized spacial score (nSPS) is 24.2. The molecule has 84 valence electrons. The highest BCUT2D eigenvalue weighted by Gasteiger charge is 2.16. The second-order valence-corrected chi connectivity index (χ2v) is 5.03. The Bertz CT molecular complexity index is 136. The molecule has 0 aromatic heterocycles. The molecule has 0 bridgehead atoms. The topological polar surface area (TPSA) is 12.0 Å². The Labute approximate surface area is 89.7 Å². The van der Waals surface area contributed by atoms with E-state index in [1.54, 1.807) is 0 Å². The number of nitrogens with one attached hydrogen (secondary N) is 1. The third-order valence-corrected chi connectivity index (χ3v) is 3.85. The molecule has 0 amide bonds. The molecule has 1 N–H and O–H groups in total. The van der Waals surface area contributed by atoms with Gasteiger partial charge in [-0.15, -0.1) is 0 Å². The molecule has 0 unspecified atom stereocenters. The second-order valence-electron chi connectivity index (χ2n) is 5.03. The van der Waals surface area contributed by atoms with Crippen LogP contribution in [0.4, 0.5) is 0 Å². The fraction of sp³-hybridized carbons (Fsp3) is 1.00. The first kappa shape index (κ1) is 12.0. The van der Waals surface area contributed by atoms with Gasteiger partial charge in [-0.2, -0.15) is 0 Å². The molecular formula is C13H27N. The molecule has 1 saturated carbocycles. The van der Waals surface area contributed by atoms with Gasteiger partial charge in [0.2, 0.25) is 0 Å². The van der Waals surface area contributed by atoms with Gasteiger partial charge in [0, 0.05) is 12.1 Å². The average Bonchev–Trinajstić information content (AvgIpc) is 2.45. The molecule has 0 spiro atoms. The predicted molar refractivity (Wildman–Crippen MR) is 63.5 cm³/mol. The number of hydrogen-bond donors (Lipinski definition) is 1. The van der Waals surface area contributed by atoms with Crippen molar-refractivity contribution in [1.82, 2.24) is 5.32 Å². The van der Waals surface area contributed by atoms with Crippen LogP contribution < -0.4 is 5.32 Å². The van der Waals surface area contributed by atoms with Crippen LogP contribution in [-0.4, -0.2) is 12.1 Å². The molecule has 1 aliphatic carbocycles. The zero-order valence-corrected chi connectivity index (χ0v) is 10.2. The Morgan fingerprint density at radius 1 is 1.07 bits per heavy atom. The molecule has 1 rings (SSSR count). The quantitative estimate of drug-likeness (QED) is 0.677. The molecule has 1 nitrogen and oxygen atoms in total. The van der Waals surface area contributed by atoms with Gasteiger partial charge >= 0.3 is 0 Å². The SMILES string of the molecule is CC[C@H](C)[C@H](C)NC1CCCCCC1. The van der Waals surface area contributed by atoms with Crippen LogP contribution in [0.1, 0.15) is 65.7 Å². The van der Waals surface area contributed by atoms with E-state index in [0.717, 1.165) is 12.0 Å². The lowest BCUT2D eigenvalue weighted by Crippen LogP contribution is -2.39. The summed E-state index contributed by atoms with van der Waals surface area (Å²) in [5, 5.41) is 3.81. The molecule has 0 heterocycles. The van der Waals surface area contributed by atoms with Gasteiger partial charge in [0.05, 0.1) is 0 Å². The molecular weight excluding hydrogens is 170 g/mol. The zero-order chi connectivity index (χ0) is 10.4. The predicted octanol–water partition coefficient (Wildman–Crippen LogP) is 3.73. The van der Waals surface area contributed by atoms with Gasteiger partial charge < -0.3 is 5.32 Å². The van der Waals surface area contributed by atoms with Crippen molar-refractivity contribution in [2.45, 2.75) is 77.8 Å². The molecule has 2 atom stereocenters. The Kier molecular flexibility index (Phi) is 5.54. The van der Waals surface area contributed by atoms with E-state index in [1.165, 1.54) is 44.9 Å². The molecule has 14 heavy (non-hydrogen) atoms. The van der Waals surface area contributed by atoms with E-state index in [1.807, 2.05) is 0 Å². The van der Waals surface area contributed by atoms with Gasteiger partial charge in [0.25, 0.3) is 0 Å². The van der Waals surface area contributed by atoms with E-state index in [2.05, 4.69) is 26.1 Å². The van der Waals surface area contributed by atoms with Gasteiger partial charge in [-0.05, 0) is 25.7 Å². The summed E-state index contributed by atoms with van der Waals surface area (Å²) in [5.41, 5.74) is 0. The van der Waals surface area contributed by atoms with E-state index < -0.39 is 0 Å². The Hall–Kier alpha value is -0.0400. The third kappa shape index (κ3) is 4.00. The van der Waals surface area contributed by atoms with Crippen LogP contribution in [0, 0.1) is 5.92 Å². The molecule has 1 fully saturated rings. The van der Waals surface area contributed by atoms with Crippen molar-refractivity contribution in [3.63, 3.8) is 0 Å². The highest BCUT2D eigenvalue weighted by molar-refractivity contribution is 4.76. The fourth-order valence-electron chi connectivity index (χ4n) is 2.34. The summed E-state index contributed by atoms with van der Waals surface area (Å²) < 4.78 is 0. The summed E-state index contributed by atoms with van der Waals surface area (Å²) >= 11 is 0. The molecule has 1 aliphatic rings. The lowest BCUT2D eigenvalue weighted by molar-refractivity contribution is 0.329. The van der Waals surface area contributed by atoms with Gasteiger partial charge in [-0.3, -0.25) is 0 Å². The third-order valence-electron chi connectivity index (χ3n) is 3.85. The average molecular weight is 197 g/mol. The molecule has 1 heteroatoms. The van der Waals surface area contributed by atoms with Crippen LogP contribution in [0.5, 0.6) is 0 Å². The van der Waals surface area contributed by atoms with Crippen LogP contribution in [-0.2, 0) is 0 Å². The molecule has 0 radical (unpaired) electrons. The van der Waals surface area contributed by atoms with Crippen molar-refractivity contribution in [3.8, 4) is 0 Å². The van der Waals surface area contributed by atoms with Gasteiger partial charge in [-0.1, -0.05) is 46.0 Å². The van der Waals surface area contributed by atoms with Gasteiger partial charge in [-0.25, -0.2) is 0 Å². The molecule has 0 aromatic carbocycles. The fourth-order valence-corrected chi connectivity index (χ4v) is 2.34. The van der Waals surface area contributed by atoms with Crippen molar-refractivity contribution >= 4 is 0 Å². The lowest BCUT2D eigenvalue weighted by Gasteiger charge is -2.26. The maximum absolute atomic E-state index is 3.81. The summed E-state index contributed by atoms with van der Waals surface area (Å²) in [6.07, 6.45) is 9.88. The highest BCUT2D eigenvalue weighted by atomic mass is 14.9. The van der Waals surface area contributed by atoms with E-state index >= 15 is 0 Å². The first-order valence-electron chi connectivity index (χ1n) is 6.50.